The number of hydrogen-bond acceptors (Lipinski definition) is 4. The predicted octanol–water partition coefficient (Wildman–Crippen LogP) is 2.73. The van der Waals surface area contributed by atoms with Crippen LogP contribution in [0.3, 0.4) is 0 Å². The molecule has 0 fully saturated rings. The second-order valence-corrected chi connectivity index (χ2v) is 6.09. The molecule has 0 aromatic heterocycles. The van der Waals surface area contributed by atoms with Gasteiger partial charge in [-0.25, -0.2) is 4.79 Å². The molecule has 0 radical (unpaired) electrons. The minimum atomic E-state index is -1.20. The normalized spacial score (nSPS) is 25.9. The molecule has 0 aromatic carbocycles. The summed E-state index contributed by atoms with van der Waals surface area (Å²) in [4.78, 5) is 23.0. The van der Waals surface area contributed by atoms with Crippen LogP contribution in [0.1, 0.15) is 41.0 Å². The fourth-order valence-electron chi connectivity index (χ4n) is 2.53. The summed E-state index contributed by atoms with van der Waals surface area (Å²) >= 11 is 0. The molecule has 1 rings (SSSR count). The number of carbonyl (C=O) groups is 2. The first kappa shape index (κ1) is 17.4. The standard InChI is InChI=1S/C17H24O4/c1-6-21-15(19)9-12(2)7-8-17(20)13(3)10-14(18)11-16(17,4)5/h7-10,20H,6,11H2,1-5H3/b8-7+,12-9-. The van der Waals surface area contributed by atoms with Crippen LogP contribution < -0.4 is 0 Å². The summed E-state index contributed by atoms with van der Waals surface area (Å²) in [5.74, 6) is -0.383. The smallest absolute Gasteiger partial charge is 0.330 e. The summed E-state index contributed by atoms with van der Waals surface area (Å²) in [5.41, 5.74) is -0.500. The molecule has 1 N–H and O–H groups in total. The largest absolute Gasteiger partial charge is 0.463 e. The number of carbonyl (C=O) groups excluding carboxylic acids is 2. The maximum atomic E-state index is 11.6. The van der Waals surface area contributed by atoms with E-state index in [1.54, 1.807) is 32.9 Å². The van der Waals surface area contributed by atoms with Gasteiger partial charge in [-0.05, 0) is 44.1 Å². The zero-order valence-corrected chi connectivity index (χ0v) is 13.4. The van der Waals surface area contributed by atoms with Crippen LogP contribution in [-0.2, 0) is 14.3 Å². The molecule has 21 heavy (non-hydrogen) atoms. The summed E-state index contributed by atoms with van der Waals surface area (Å²) in [7, 11) is 0. The molecule has 0 amide bonds. The number of aliphatic hydroxyl groups is 1. The molecular formula is C17H24O4. The van der Waals surface area contributed by atoms with Crippen molar-refractivity contribution in [2.45, 2.75) is 46.6 Å². The number of esters is 1. The Labute approximate surface area is 126 Å². The van der Waals surface area contributed by atoms with Crippen molar-refractivity contribution in [1.82, 2.24) is 0 Å². The number of rotatable bonds is 4. The van der Waals surface area contributed by atoms with E-state index in [0.717, 1.165) is 0 Å². The van der Waals surface area contributed by atoms with E-state index in [4.69, 9.17) is 4.74 Å². The summed E-state index contributed by atoms with van der Waals surface area (Å²) in [6.07, 6.45) is 6.48. The zero-order chi connectivity index (χ0) is 16.3. The quantitative estimate of drug-likeness (QED) is 0.491. The average molecular weight is 292 g/mol. The third kappa shape index (κ3) is 3.91. The van der Waals surface area contributed by atoms with Crippen molar-refractivity contribution in [1.29, 1.82) is 0 Å². The third-order valence-corrected chi connectivity index (χ3v) is 3.85. The van der Waals surface area contributed by atoms with Gasteiger partial charge < -0.3 is 9.84 Å². The van der Waals surface area contributed by atoms with Gasteiger partial charge in [0.05, 0.1) is 6.61 Å². The molecular weight excluding hydrogens is 268 g/mol. The molecule has 0 aromatic rings. The number of ether oxygens (including phenoxy) is 1. The van der Waals surface area contributed by atoms with Gasteiger partial charge in [-0.2, -0.15) is 0 Å². The van der Waals surface area contributed by atoms with Gasteiger partial charge in [0.1, 0.15) is 5.60 Å². The van der Waals surface area contributed by atoms with Crippen molar-refractivity contribution in [2.24, 2.45) is 5.41 Å². The van der Waals surface area contributed by atoms with E-state index in [9.17, 15) is 14.7 Å². The Balaban J connectivity index is 3.03. The lowest BCUT2D eigenvalue weighted by molar-refractivity contribution is -0.137. The number of ketones is 1. The van der Waals surface area contributed by atoms with E-state index in [2.05, 4.69) is 0 Å². The second kappa shape index (κ2) is 6.39. The third-order valence-electron chi connectivity index (χ3n) is 3.85. The van der Waals surface area contributed by atoms with Crippen LogP contribution in [0.4, 0.5) is 0 Å². The van der Waals surface area contributed by atoms with Crippen molar-refractivity contribution in [3.8, 4) is 0 Å². The lowest BCUT2D eigenvalue weighted by atomic mass is 9.64. The zero-order valence-electron chi connectivity index (χ0n) is 13.4. The van der Waals surface area contributed by atoms with Crippen molar-refractivity contribution in [3.05, 3.63) is 35.5 Å². The maximum Gasteiger partial charge on any atom is 0.330 e. The topological polar surface area (TPSA) is 63.6 Å². The van der Waals surface area contributed by atoms with Crippen molar-refractivity contribution >= 4 is 11.8 Å². The Morgan fingerprint density at radius 2 is 2.10 bits per heavy atom. The highest BCUT2D eigenvalue weighted by molar-refractivity contribution is 5.92. The molecule has 1 unspecified atom stereocenters. The fourth-order valence-corrected chi connectivity index (χ4v) is 2.53. The van der Waals surface area contributed by atoms with Gasteiger partial charge in [0, 0.05) is 17.9 Å². The Kier molecular flexibility index (Phi) is 5.29. The molecule has 1 atom stereocenters. The van der Waals surface area contributed by atoms with Gasteiger partial charge >= 0.3 is 5.97 Å². The highest BCUT2D eigenvalue weighted by atomic mass is 16.5. The summed E-state index contributed by atoms with van der Waals surface area (Å²) < 4.78 is 4.84. The first-order valence-corrected chi connectivity index (χ1v) is 7.10. The van der Waals surface area contributed by atoms with Crippen LogP contribution >= 0.6 is 0 Å². The molecule has 0 saturated heterocycles. The van der Waals surface area contributed by atoms with Crippen LogP contribution in [0.2, 0.25) is 0 Å². The Morgan fingerprint density at radius 1 is 1.48 bits per heavy atom. The first-order chi connectivity index (χ1) is 9.62. The minimum absolute atomic E-state index is 0.0226. The van der Waals surface area contributed by atoms with Crippen LogP contribution in [-0.4, -0.2) is 29.1 Å². The van der Waals surface area contributed by atoms with Gasteiger partial charge in [0.15, 0.2) is 5.78 Å². The molecule has 0 heterocycles. The van der Waals surface area contributed by atoms with Crippen LogP contribution in [0.5, 0.6) is 0 Å². The van der Waals surface area contributed by atoms with Crippen molar-refractivity contribution in [3.63, 3.8) is 0 Å². The van der Waals surface area contributed by atoms with Gasteiger partial charge in [0.2, 0.25) is 0 Å². The Morgan fingerprint density at radius 3 is 2.62 bits per heavy atom. The van der Waals surface area contributed by atoms with E-state index in [0.29, 0.717) is 17.8 Å². The van der Waals surface area contributed by atoms with Crippen molar-refractivity contribution < 1.29 is 19.4 Å². The summed E-state index contributed by atoms with van der Waals surface area (Å²) in [5, 5.41) is 10.9. The van der Waals surface area contributed by atoms with E-state index in [1.165, 1.54) is 12.2 Å². The summed E-state index contributed by atoms with van der Waals surface area (Å²) in [6.45, 7) is 9.29. The number of allylic oxidation sites excluding steroid dienone is 3. The Hall–Kier alpha value is -1.68. The lowest BCUT2D eigenvalue weighted by Gasteiger charge is -2.43. The van der Waals surface area contributed by atoms with Crippen molar-refractivity contribution in [2.75, 3.05) is 6.61 Å². The monoisotopic (exact) mass is 292 g/mol. The molecule has 1 aliphatic carbocycles. The van der Waals surface area contributed by atoms with Gasteiger partial charge in [-0.15, -0.1) is 0 Å². The minimum Gasteiger partial charge on any atom is -0.463 e. The van der Waals surface area contributed by atoms with E-state index in [1.807, 2.05) is 13.8 Å². The molecule has 1 aliphatic rings. The molecule has 4 heteroatoms. The fraction of sp³-hybridized carbons (Fsp3) is 0.529. The predicted molar refractivity (Wildman–Crippen MR) is 81.6 cm³/mol. The van der Waals surface area contributed by atoms with Gasteiger partial charge in [-0.3, -0.25) is 4.79 Å². The van der Waals surface area contributed by atoms with Crippen LogP contribution in [0, 0.1) is 5.41 Å². The molecule has 0 aliphatic heterocycles. The second-order valence-electron chi connectivity index (χ2n) is 6.09. The molecule has 0 saturated carbocycles. The maximum absolute atomic E-state index is 11.6. The van der Waals surface area contributed by atoms with Gasteiger partial charge in [-0.1, -0.05) is 19.9 Å². The van der Waals surface area contributed by atoms with Crippen LogP contribution in [0.25, 0.3) is 0 Å². The van der Waals surface area contributed by atoms with Gasteiger partial charge in [0.25, 0.3) is 0 Å². The van der Waals surface area contributed by atoms with E-state index < -0.39 is 17.0 Å². The highest BCUT2D eigenvalue weighted by Crippen LogP contribution is 2.44. The molecule has 0 bridgehead atoms. The lowest BCUT2D eigenvalue weighted by Crippen LogP contribution is -2.48. The van der Waals surface area contributed by atoms with E-state index in [-0.39, 0.29) is 12.2 Å². The molecule has 0 spiro atoms. The number of hydrogen-bond donors (Lipinski definition) is 1. The average Bonchev–Trinajstić information content (AvgIpc) is 2.33. The summed E-state index contributed by atoms with van der Waals surface area (Å²) in [6, 6.07) is 0. The first-order valence-electron chi connectivity index (χ1n) is 7.10. The molecule has 116 valence electrons. The molecule has 4 nitrogen and oxygen atoms in total. The highest BCUT2D eigenvalue weighted by Gasteiger charge is 2.46. The van der Waals surface area contributed by atoms with Crippen LogP contribution in [0.15, 0.2) is 35.5 Å². The Bertz CT molecular complexity index is 523. The SMILES string of the molecule is CCOC(=O)/C=C(C)\C=C\C1(O)C(C)=CC(=O)CC1(C)C. The van der Waals surface area contributed by atoms with E-state index >= 15 is 0 Å².